The van der Waals surface area contributed by atoms with Gasteiger partial charge in [-0.1, -0.05) is 27.2 Å². The van der Waals surface area contributed by atoms with Crippen LogP contribution in [0.4, 0.5) is 0 Å². The van der Waals surface area contributed by atoms with Gasteiger partial charge in [-0.2, -0.15) is 0 Å². The van der Waals surface area contributed by atoms with E-state index in [-0.39, 0.29) is 0 Å². The topological polar surface area (TPSA) is 15.3 Å². The zero-order valence-electron chi connectivity index (χ0n) is 11.7. The molecule has 0 unspecified atom stereocenters. The molecule has 96 valence electrons. The first kappa shape index (κ1) is 14.0. The summed E-state index contributed by atoms with van der Waals surface area (Å²) in [7, 11) is 2.25. The zero-order valence-corrected chi connectivity index (χ0v) is 11.7. The molecular formula is C14H30N2. The zero-order chi connectivity index (χ0) is 12.0. The third kappa shape index (κ3) is 6.49. The van der Waals surface area contributed by atoms with Crippen molar-refractivity contribution in [2.75, 3.05) is 33.2 Å². The summed E-state index contributed by atoms with van der Waals surface area (Å²) in [6.07, 6.45) is 5.64. The molecule has 1 N–H and O–H groups in total. The van der Waals surface area contributed by atoms with Crippen LogP contribution in [0.3, 0.4) is 0 Å². The summed E-state index contributed by atoms with van der Waals surface area (Å²) in [6.45, 7) is 11.7. The smallest absolute Gasteiger partial charge is 0.0104 e. The molecule has 2 nitrogen and oxygen atoms in total. The van der Waals surface area contributed by atoms with Crippen LogP contribution in [0, 0.1) is 11.3 Å². The van der Waals surface area contributed by atoms with Crippen LogP contribution in [-0.4, -0.2) is 38.1 Å². The maximum Gasteiger partial charge on any atom is 0.0104 e. The van der Waals surface area contributed by atoms with E-state index in [1.54, 1.807) is 0 Å². The summed E-state index contributed by atoms with van der Waals surface area (Å²) >= 11 is 0. The van der Waals surface area contributed by atoms with Gasteiger partial charge in [-0.3, -0.25) is 0 Å². The average Bonchev–Trinajstić information content (AvgIpc) is 2.09. The van der Waals surface area contributed by atoms with Gasteiger partial charge in [0.05, 0.1) is 0 Å². The van der Waals surface area contributed by atoms with E-state index in [0.29, 0.717) is 5.41 Å². The minimum atomic E-state index is 0.463. The maximum absolute atomic E-state index is 3.54. The molecule has 1 saturated carbocycles. The monoisotopic (exact) mass is 226 g/mol. The summed E-state index contributed by atoms with van der Waals surface area (Å²) < 4.78 is 0. The first-order valence-electron chi connectivity index (χ1n) is 6.87. The Balaban J connectivity index is 1.89. The van der Waals surface area contributed by atoms with Crippen molar-refractivity contribution in [2.45, 2.75) is 46.5 Å². The molecule has 0 aromatic heterocycles. The number of nitrogens with zero attached hydrogens (tertiary/aromatic N) is 1. The van der Waals surface area contributed by atoms with Gasteiger partial charge in [-0.05, 0) is 44.2 Å². The largest absolute Gasteiger partial charge is 0.315 e. The van der Waals surface area contributed by atoms with Gasteiger partial charge in [-0.15, -0.1) is 0 Å². The molecule has 2 heteroatoms. The van der Waals surface area contributed by atoms with Crippen molar-refractivity contribution in [3.8, 4) is 0 Å². The van der Waals surface area contributed by atoms with Gasteiger partial charge in [0.15, 0.2) is 0 Å². The van der Waals surface area contributed by atoms with Crippen molar-refractivity contribution in [3.05, 3.63) is 0 Å². The van der Waals surface area contributed by atoms with Gasteiger partial charge in [0, 0.05) is 19.6 Å². The van der Waals surface area contributed by atoms with E-state index in [0.717, 1.165) is 19.0 Å². The second-order valence-corrected chi connectivity index (χ2v) is 6.62. The molecule has 1 aliphatic carbocycles. The Morgan fingerprint density at radius 3 is 2.38 bits per heavy atom. The van der Waals surface area contributed by atoms with Crippen molar-refractivity contribution in [1.29, 1.82) is 0 Å². The van der Waals surface area contributed by atoms with Crippen LogP contribution < -0.4 is 5.32 Å². The molecule has 0 amide bonds. The Hall–Kier alpha value is -0.0800. The van der Waals surface area contributed by atoms with Crippen LogP contribution in [-0.2, 0) is 0 Å². The summed E-state index contributed by atoms with van der Waals surface area (Å²) in [5.74, 6) is 1.000. The predicted octanol–water partition coefficient (Wildman–Crippen LogP) is 2.74. The highest BCUT2D eigenvalue weighted by molar-refractivity contribution is 4.72. The van der Waals surface area contributed by atoms with Crippen molar-refractivity contribution in [2.24, 2.45) is 11.3 Å². The predicted molar refractivity (Wildman–Crippen MR) is 71.8 cm³/mol. The highest BCUT2D eigenvalue weighted by Gasteiger charge is 2.18. The van der Waals surface area contributed by atoms with Gasteiger partial charge in [0.2, 0.25) is 0 Å². The first-order chi connectivity index (χ1) is 7.47. The van der Waals surface area contributed by atoms with E-state index < -0.39 is 0 Å². The standard InChI is InChI=1S/C14H30N2/c1-14(2,3)8-9-15-10-11-16(4)12-13-6-5-7-13/h13,15H,5-12H2,1-4H3. The van der Waals surface area contributed by atoms with Crippen LogP contribution in [0.2, 0.25) is 0 Å². The summed E-state index contributed by atoms with van der Waals surface area (Å²) in [6, 6.07) is 0. The molecule has 0 aromatic carbocycles. The van der Waals surface area contributed by atoms with E-state index in [1.807, 2.05) is 0 Å². The lowest BCUT2D eigenvalue weighted by Gasteiger charge is -2.30. The molecule has 0 aliphatic heterocycles. The van der Waals surface area contributed by atoms with E-state index in [9.17, 15) is 0 Å². The van der Waals surface area contributed by atoms with Crippen LogP contribution in [0.15, 0.2) is 0 Å². The number of hydrogen-bond acceptors (Lipinski definition) is 2. The second kappa shape index (κ2) is 6.61. The Kier molecular flexibility index (Phi) is 5.77. The molecule has 0 heterocycles. The van der Waals surface area contributed by atoms with Crippen LogP contribution in [0.1, 0.15) is 46.5 Å². The Morgan fingerprint density at radius 1 is 1.19 bits per heavy atom. The maximum atomic E-state index is 3.54. The SMILES string of the molecule is CN(CCNCCC(C)(C)C)CC1CCC1. The fourth-order valence-electron chi connectivity index (χ4n) is 2.07. The Morgan fingerprint density at radius 2 is 1.88 bits per heavy atom. The molecule has 0 aromatic rings. The van der Waals surface area contributed by atoms with Crippen molar-refractivity contribution in [3.63, 3.8) is 0 Å². The Bertz CT molecular complexity index is 180. The third-order valence-electron chi connectivity index (χ3n) is 3.52. The fourth-order valence-corrected chi connectivity index (χ4v) is 2.07. The number of rotatable bonds is 7. The molecule has 1 aliphatic rings. The number of nitrogens with one attached hydrogen (secondary N) is 1. The normalized spacial score (nSPS) is 17.8. The molecule has 0 bridgehead atoms. The minimum Gasteiger partial charge on any atom is -0.315 e. The third-order valence-corrected chi connectivity index (χ3v) is 3.52. The molecule has 1 fully saturated rings. The lowest BCUT2D eigenvalue weighted by molar-refractivity contribution is 0.205. The summed E-state index contributed by atoms with van der Waals surface area (Å²) in [4.78, 5) is 2.48. The van der Waals surface area contributed by atoms with E-state index in [4.69, 9.17) is 0 Å². The van der Waals surface area contributed by atoms with Crippen LogP contribution in [0.25, 0.3) is 0 Å². The van der Waals surface area contributed by atoms with Crippen molar-refractivity contribution >= 4 is 0 Å². The van der Waals surface area contributed by atoms with Crippen molar-refractivity contribution < 1.29 is 0 Å². The molecule has 0 atom stereocenters. The summed E-state index contributed by atoms with van der Waals surface area (Å²) in [5.41, 5.74) is 0.463. The minimum absolute atomic E-state index is 0.463. The number of hydrogen-bond donors (Lipinski definition) is 1. The number of likely N-dealkylation sites (N-methyl/N-ethyl adjacent to an activating group) is 1. The van der Waals surface area contributed by atoms with Gasteiger partial charge < -0.3 is 10.2 Å². The quantitative estimate of drug-likeness (QED) is 0.672. The van der Waals surface area contributed by atoms with E-state index in [2.05, 4.69) is 38.0 Å². The molecule has 16 heavy (non-hydrogen) atoms. The van der Waals surface area contributed by atoms with Gasteiger partial charge in [0.25, 0.3) is 0 Å². The van der Waals surface area contributed by atoms with E-state index >= 15 is 0 Å². The second-order valence-electron chi connectivity index (χ2n) is 6.62. The van der Waals surface area contributed by atoms with Crippen molar-refractivity contribution in [1.82, 2.24) is 10.2 Å². The van der Waals surface area contributed by atoms with Gasteiger partial charge >= 0.3 is 0 Å². The van der Waals surface area contributed by atoms with Gasteiger partial charge in [0.1, 0.15) is 0 Å². The Labute approximate surface area is 102 Å². The highest BCUT2D eigenvalue weighted by atomic mass is 15.1. The van der Waals surface area contributed by atoms with Gasteiger partial charge in [-0.25, -0.2) is 0 Å². The first-order valence-corrected chi connectivity index (χ1v) is 6.87. The van der Waals surface area contributed by atoms with E-state index in [1.165, 1.54) is 38.8 Å². The fraction of sp³-hybridized carbons (Fsp3) is 1.00. The lowest BCUT2D eigenvalue weighted by Crippen LogP contribution is -2.35. The molecular weight excluding hydrogens is 196 g/mol. The van der Waals surface area contributed by atoms with Crippen LogP contribution >= 0.6 is 0 Å². The molecule has 0 spiro atoms. The molecule has 0 saturated heterocycles. The molecule has 1 rings (SSSR count). The summed E-state index contributed by atoms with van der Waals surface area (Å²) in [5, 5.41) is 3.54. The average molecular weight is 226 g/mol. The van der Waals surface area contributed by atoms with Crippen LogP contribution in [0.5, 0.6) is 0 Å². The lowest BCUT2D eigenvalue weighted by atomic mass is 9.85. The highest BCUT2D eigenvalue weighted by Crippen LogP contribution is 2.26. The molecule has 0 radical (unpaired) electrons.